The van der Waals surface area contributed by atoms with Crippen LogP contribution in [0.5, 0.6) is 5.75 Å². The number of nitrogens with zero attached hydrogens (tertiary/aromatic N) is 2. The van der Waals surface area contributed by atoms with Gasteiger partial charge in [0, 0.05) is 19.6 Å². The van der Waals surface area contributed by atoms with E-state index in [0.29, 0.717) is 17.9 Å². The maximum atomic E-state index is 10.2. The topological polar surface area (TPSA) is 68.5 Å². The highest BCUT2D eigenvalue weighted by molar-refractivity contribution is 5.34. The number of likely N-dealkylation sites (tertiary alicyclic amines) is 1. The SMILES string of the molecule is N#Cc1ccc(OCC(O)CN2C[C@@H]3CNC[C@@H](C3)C2)cc1. The summed E-state index contributed by atoms with van der Waals surface area (Å²) >= 11 is 0. The molecular weight excluding hydrogens is 278 g/mol. The summed E-state index contributed by atoms with van der Waals surface area (Å²) < 4.78 is 5.60. The Kier molecular flexibility index (Phi) is 4.94. The molecule has 0 spiro atoms. The lowest BCUT2D eigenvalue weighted by atomic mass is 9.86. The van der Waals surface area contributed by atoms with Gasteiger partial charge in [0.2, 0.25) is 0 Å². The fourth-order valence-corrected chi connectivity index (χ4v) is 3.53. The van der Waals surface area contributed by atoms with Gasteiger partial charge in [0.25, 0.3) is 0 Å². The van der Waals surface area contributed by atoms with E-state index in [2.05, 4.69) is 16.3 Å². The van der Waals surface area contributed by atoms with Gasteiger partial charge >= 0.3 is 0 Å². The first-order valence-electron chi connectivity index (χ1n) is 7.97. The molecule has 3 rings (SSSR count). The average Bonchev–Trinajstić information content (AvgIpc) is 2.53. The van der Waals surface area contributed by atoms with Crippen LogP contribution in [0.4, 0.5) is 0 Å². The fourth-order valence-electron chi connectivity index (χ4n) is 3.53. The molecule has 5 heteroatoms. The summed E-state index contributed by atoms with van der Waals surface area (Å²) in [5, 5.41) is 22.4. The van der Waals surface area contributed by atoms with Gasteiger partial charge in [-0.2, -0.15) is 5.26 Å². The molecule has 22 heavy (non-hydrogen) atoms. The lowest BCUT2D eigenvalue weighted by molar-refractivity contribution is 0.0296. The molecule has 0 saturated carbocycles. The Balaban J connectivity index is 1.44. The molecule has 5 nitrogen and oxygen atoms in total. The Hall–Kier alpha value is -1.61. The van der Waals surface area contributed by atoms with Crippen LogP contribution in [0.2, 0.25) is 0 Å². The summed E-state index contributed by atoms with van der Waals surface area (Å²) in [6.45, 7) is 5.30. The largest absolute Gasteiger partial charge is 0.491 e. The highest BCUT2D eigenvalue weighted by Crippen LogP contribution is 2.24. The number of rotatable bonds is 5. The van der Waals surface area contributed by atoms with Crippen LogP contribution in [-0.4, -0.2) is 55.4 Å². The van der Waals surface area contributed by atoms with E-state index >= 15 is 0 Å². The van der Waals surface area contributed by atoms with Crippen molar-refractivity contribution in [3.63, 3.8) is 0 Å². The summed E-state index contributed by atoms with van der Waals surface area (Å²) in [5.41, 5.74) is 0.612. The van der Waals surface area contributed by atoms with Crippen LogP contribution in [0, 0.1) is 23.2 Å². The van der Waals surface area contributed by atoms with Crippen LogP contribution >= 0.6 is 0 Å². The van der Waals surface area contributed by atoms with E-state index in [1.54, 1.807) is 24.3 Å². The minimum atomic E-state index is -0.484. The smallest absolute Gasteiger partial charge is 0.119 e. The molecule has 0 aliphatic carbocycles. The van der Waals surface area contributed by atoms with Gasteiger partial charge in [0.05, 0.1) is 11.6 Å². The van der Waals surface area contributed by atoms with Crippen molar-refractivity contribution in [2.24, 2.45) is 11.8 Å². The quantitative estimate of drug-likeness (QED) is 0.843. The summed E-state index contributed by atoms with van der Waals surface area (Å²) in [6.07, 6.45) is 0.837. The summed E-state index contributed by atoms with van der Waals surface area (Å²) in [5.74, 6) is 2.14. The van der Waals surface area contributed by atoms with Gasteiger partial charge in [-0.3, -0.25) is 4.90 Å². The lowest BCUT2D eigenvalue weighted by Gasteiger charge is -2.42. The summed E-state index contributed by atoms with van der Waals surface area (Å²) in [4.78, 5) is 2.37. The normalized spacial score (nSPS) is 26.2. The molecule has 118 valence electrons. The number of fused-ring (bicyclic) bond motifs is 2. The second kappa shape index (κ2) is 7.10. The number of hydrogen-bond donors (Lipinski definition) is 2. The molecule has 2 heterocycles. The molecule has 1 aromatic carbocycles. The van der Waals surface area contributed by atoms with E-state index in [1.165, 1.54) is 6.42 Å². The number of β-amino-alcohol motifs (C(OH)–C–C–N with tert-alkyl or cyclic N) is 1. The number of nitrogens with one attached hydrogen (secondary N) is 1. The Bertz CT molecular complexity index is 514. The third-order valence-corrected chi connectivity index (χ3v) is 4.46. The number of hydrogen-bond acceptors (Lipinski definition) is 5. The molecule has 2 aliphatic rings. The first kappa shape index (κ1) is 15.3. The van der Waals surface area contributed by atoms with Crippen molar-refractivity contribution in [3.05, 3.63) is 29.8 Å². The third-order valence-electron chi connectivity index (χ3n) is 4.46. The number of aliphatic hydroxyl groups excluding tert-OH is 1. The van der Waals surface area contributed by atoms with Gasteiger partial charge in [0.15, 0.2) is 0 Å². The Morgan fingerprint density at radius 1 is 1.27 bits per heavy atom. The van der Waals surface area contributed by atoms with Crippen LogP contribution in [-0.2, 0) is 0 Å². The van der Waals surface area contributed by atoms with Gasteiger partial charge in [-0.05, 0) is 55.6 Å². The zero-order valence-electron chi connectivity index (χ0n) is 12.7. The van der Waals surface area contributed by atoms with Crippen molar-refractivity contribution in [1.29, 1.82) is 5.26 Å². The van der Waals surface area contributed by atoms with E-state index in [4.69, 9.17) is 10.00 Å². The summed E-state index contributed by atoms with van der Waals surface area (Å²) in [6, 6.07) is 9.05. The molecule has 0 amide bonds. The minimum Gasteiger partial charge on any atom is -0.491 e. The molecular formula is C17H23N3O2. The molecule has 2 aliphatic heterocycles. The van der Waals surface area contributed by atoms with Crippen LogP contribution in [0.1, 0.15) is 12.0 Å². The Labute approximate surface area is 131 Å². The zero-order chi connectivity index (χ0) is 15.4. The van der Waals surface area contributed by atoms with Crippen molar-refractivity contribution in [3.8, 4) is 11.8 Å². The maximum Gasteiger partial charge on any atom is 0.119 e. The molecule has 0 aromatic heterocycles. The maximum absolute atomic E-state index is 10.2. The van der Waals surface area contributed by atoms with E-state index < -0.39 is 6.10 Å². The van der Waals surface area contributed by atoms with Gasteiger partial charge < -0.3 is 15.2 Å². The van der Waals surface area contributed by atoms with Crippen LogP contribution in [0.3, 0.4) is 0 Å². The monoisotopic (exact) mass is 301 g/mol. The van der Waals surface area contributed by atoms with Crippen LogP contribution in [0.25, 0.3) is 0 Å². The van der Waals surface area contributed by atoms with Gasteiger partial charge in [-0.1, -0.05) is 0 Å². The van der Waals surface area contributed by atoms with Crippen molar-refractivity contribution < 1.29 is 9.84 Å². The number of aliphatic hydroxyl groups is 1. The van der Waals surface area contributed by atoms with E-state index in [1.807, 2.05) is 0 Å². The molecule has 1 aromatic rings. The molecule has 2 saturated heterocycles. The number of piperidine rings is 2. The Morgan fingerprint density at radius 3 is 2.59 bits per heavy atom. The number of benzene rings is 1. The fraction of sp³-hybridized carbons (Fsp3) is 0.588. The zero-order valence-corrected chi connectivity index (χ0v) is 12.7. The molecule has 2 fully saturated rings. The van der Waals surface area contributed by atoms with Crippen LogP contribution < -0.4 is 10.1 Å². The number of nitriles is 1. The molecule has 1 unspecified atom stereocenters. The Morgan fingerprint density at radius 2 is 1.95 bits per heavy atom. The van der Waals surface area contributed by atoms with E-state index in [9.17, 15) is 5.11 Å². The average molecular weight is 301 g/mol. The van der Waals surface area contributed by atoms with Crippen molar-refractivity contribution in [1.82, 2.24) is 10.2 Å². The first-order chi connectivity index (χ1) is 10.7. The molecule has 3 atom stereocenters. The molecule has 2 bridgehead atoms. The minimum absolute atomic E-state index is 0.288. The molecule has 0 radical (unpaired) electrons. The standard InChI is InChI=1S/C17H23N3O2/c18-6-13-1-3-17(4-2-13)22-12-16(21)11-20-9-14-5-15(10-20)8-19-7-14/h1-4,14-16,19,21H,5,7-12H2/t14-,15+,16?. The first-order valence-corrected chi connectivity index (χ1v) is 7.97. The lowest BCUT2D eigenvalue weighted by Crippen LogP contribution is -2.52. The number of ether oxygens (including phenoxy) is 1. The van der Waals surface area contributed by atoms with Gasteiger partial charge in [0.1, 0.15) is 18.5 Å². The third kappa shape index (κ3) is 3.98. The van der Waals surface area contributed by atoms with E-state index in [0.717, 1.165) is 38.0 Å². The van der Waals surface area contributed by atoms with Crippen molar-refractivity contribution in [2.75, 3.05) is 39.3 Å². The summed E-state index contributed by atoms with van der Waals surface area (Å²) in [7, 11) is 0. The predicted octanol–water partition coefficient (Wildman–Crippen LogP) is 0.839. The second-order valence-electron chi connectivity index (χ2n) is 6.45. The second-order valence-corrected chi connectivity index (χ2v) is 6.45. The predicted molar refractivity (Wildman–Crippen MR) is 83.6 cm³/mol. The van der Waals surface area contributed by atoms with Crippen molar-refractivity contribution >= 4 is 0 Å². The highest BCUT2D eigenvalue weighted by atomic mass is 16.5. The van der Waals surface area contributed by atoms with Crippen LogP contribution in [0.15, 0.2) is 24.3 Å². The van der Waals surface area contributed by atoms with E-state index in [-0.39, 0.29) is 6.61 Å². The molecule has 2 N–H and O–H groups in total. The van der Waals surface area contributed by atoms with Gasteiger partial charge in [-0.25, -0.2) is 0 Å². The van der Waals surface area contributed by atoms with Crippen molar-refractivity contribution in [2.45, 2.75) is 12.5 Å². The van der Waals surface area contributed by atoms with Gasteiger partial charge in [-0.15, -0.1) is 0 Å². The highest BCUT2D eigenvalue weighted by Gasteiger charge is 2.30.